The molecular weight excluding hydrogens is 184 g/mol. The van der Waals surface area contributed by atoms with Crippen LogP contribution in [0.3, 0.4) is 0 Å². The van der Waals surface area contributed by atoms with Crippen molar-refractivity contribution in [1.29, 1.82) is 0 Å². The number of nitrogens with zero attached hydrogens (tertiary/aromatic N) is 1. The van der Waals surface area contributed by atoms with Crippen LogP contribution in [-0.4, -0.2) is 11.5 Å². The first-order valence-electron chi connectivity index (χ1n) is 5.97. The van der Waals surface area contributed by atoms with Crippen LogP contribution in [-0.2, 0) is 6.54 Å². The Bertz CT molecular complexity index is 286. The van der Waals surface area contributed by atoms with Crippen molar-refractivity contribution in [2.45, 2.75) is 39.2 Å². The van der Waals surface area contributed by atoms with E-state index in [1.54, 1.807) is 0 Å². The molecule has 1 saturated carbocycles. The number of hydrogen-bond donors (Lipinski definition) is 1. The van der Waals surface area contributed by atoms with Gasteiger partial charge >= 0.3 is 0 Å². The van der Waals surface area contributed by atoms with Crippen LogP contribution < -0.4 is 5.32 Å². The highest BCUT2D eigenvalue weighted by Crippen LogP contribution is 2.23. The average Bonchev–Trinajstić information content (AvgIpc) is 2.74. The lowest BCUT2D eigenvalue weighted by Crippen LogP contribution is -2.20. The Labute approximate surface area is 92.1 Å². The molecule has 2 heteroatoms. The van der Waals surface area contributed by atoms with Crippen molar-refractivity contribution in [1.82, 2.24) is 10.3 Å². The van der Waals surface area contributed by atoms with Crippen LogP contribution in [0.15, 0.2) is 18.3 Å². The molecular formula is C13H20N2. The molecule has 0 spiro atoms. The fourth-order valence-electron chi connectivity index (χ4n) is 2.24. The van der Waals surface area contributed by atoms with Crippen LogP contribution in [0.2, 0.25) is 0 Å². The van der Waals surface area contributed by atoms with Gasteiger partial charge in [0.1, 0.15) is 0 Å². The van der Waals surface area contributed by atoms with Crippen molar-refractivity contribution in [3.8, 4) is 0 Å². The summed E-state index contributed by atoms with van der Waals surface area (Å²) in [5.74, 6) is 0.920. The summed E-state index contributed by atoms with van der Waals surface area (Å²) >= 11 is 0. The molecule has 0 aliphatic heterocycles. The zero-order valence-corrected chi connectivity index (χ0v) is 9.50. The topological polar surface area (TPSA) is 24.9 Å². The first-order valence-corrected chi connectivity index (χ1v) is 5.97. The van der Waals surface area contributed by atoms with Crippen molar-refractivity contribution >= 4 is 0 Å². The minimum absolute atomic E-state index is 0.920. The van der Waals surface area contributed by atoms with Crippen molar-refractivity contribution < 1.29 is 0 Å². The standard InChI is InChI=1S/C13H20N2/c1-11-6-7-13(10-15-11)9-14-8-12-4-2-3-5-12/h6-7,10,12,14H,2-5,8-9H2,1H3. The Balaban J connectivity index is 1.71. The second-order valence-corrected chi connectivity index (χ2v) is 4.59. The van der Waals surface area contributed by atoms with Crippen LogP contribution in [0.5, 0.6) is 0 Å². The van der Waals surface area contributed by atoms with E-state index in [-0.39, 0.29) is 0 Å². The summed E-state index contributed by atoms with van der Waals surface area (Å²) in [6, 6.07) is 4.23. The third kappa shape index (κ3) is 3.31. The molecule has 0 amide bonds. The number of nitrogens with one attached hydrogen (secondary N) is 1. The quantitative estimate of drug-likeness (QED) is 0.815. The molecule has 0 saturated heterocycles. The summed E-state index contributed by atoms with van der Waals surface area (Å²) in [5.41, 5.74) is 2.38. The van der Waals surface area contributed by atoms with Gasteiger partial charge in [-0.2, -0.15) is 0 Å². The first kappa shape index (κ1) is 10.6. The van der Waals surface area contributed by atoms with Gasteiger partial charge in [0.25, 0.3) is 0 Å². The Morgan fingerprint density at radius 1 is 1.33 bits per heavy atom. The second-order valence-electron chi connectivity index (χ2n) is 4.59. The van der Waals surface area contributed by atoms with E-state index in [0.717, 1.165) is 18.2 Å². The predicted octanol–water partition coefficient (Wildman–Crippen LogP) is 2.67. The van der Waals surface area contributed by atoms with E-state index in [4.69, 9.17) is 0 Å². The lowest BCUT2D eigenvalue weighted by molar-refractivity contribution is 0.489. The van der Waals surface area contributed by atoms with Crippen molar-refractivity contribution in [2.24, 2.45) is 5.92 Å². The SMILES string of the molecule is Cc1ccc(CNCC2CCCC2)cn1. The van der Waals surface area contributed by atoms with Gasteiger partial charge in [-0.15, -0.1) is 0 Å². The Morgan fingerprint density at radius 2 is 2.13 bits per heavy atom. The van der Waals surface area contributed by atoms with Gasteiger partial charge in [-0.3, -0.25) is 4.98 Å². The molecule has 15 heavy (non-hydrogen) atoms. The smallest absolute Gasteiger partial charge is 0.0372 e. The highest BCUT2D eigenvalue weighted by Gasteiger charge is 2.13. The Morgan fingerprint density at radius 3 is 2.80 bits per heavy atom. The molecule has 0 radical (unpaired) electrons. The van der Waals surface area contributed by atoms with Gasteiger partial charge in [-0.25, -0.2) is 0 Å². The van der Waals surface area contributed by atoms with Crippen molar-refractivity contribution in [3.05, 3.63) is 29.6 Å². The zero-order valence-electron chi connectivity index (χ0n) is 9.50. The van der Waals surface area contributed by atoms with E-state index in [0.29, 0.717) is 0 Å². The van der Waals surface area contributed by atoms with Crippen molar-refractivity contribution in [2.75, 3.05) is 6.54 Å². The normalized spacial score (nSPS) is 17.1. The molecule has 82 valence electrons. The fraction of sp³-hybridized carbons (Fsp3) is 0.615. The number of rotatable bonds is 4. The molecule has 1 aromatic heterocycles. The summed E-state index contributed by atoms with van der Waals surface area (Å²) in [4.78, 5) is 4.29. The number of hydrogen-bond acceptors (Lipinski definition) is 2. The van der Waals surface area contributed by atoms with Gasteiger partial charge < -0.3 is 5.32 Å². The maximum atomic E-state index is 4.29. The molecule has 1 aromatic rings. The Kier molecular flexibility index (Phi) is 3.73. The molecule has 1 heterocycles. The summed E-state index contributed by atoms with van der Waals surface area (Å²) in [6.45, 7) is 4.16. The third-order valence-electron chi connectivity index (χ3n) is 3.21. The molecule has 1 aliphatic rings. The maximum Gasteiger partial charge on any atom is 0.0372 e. The molecule has 2 rings (SSSR count). The molecule has 1 fully saturated rings. The van der Waals surface area contributed by atoms with Crippen LogP contribution >= 0.6 is 0 Å². The number of aromatic nitrogens is 1. The van der Waals surface area contributed by atoms with Crippen LogP contribution in [0.4, 0.5) is 0 Å². The summed E-state index contributed by atoms with van der Waals surface area (Å²) in [6.07, 6.45) is 7.66. The first-order chi connectivity index (χ1) is 7.34. The van der Waals surface area contributed by atoms with Gasteiger partial charge in [0, 0.05) is 18.4 Å². The minimum atomic E-state index is 0.920. The van der Waals surface area contributed by atoms with Gasteiger partial charge in [-0.05, 0) is 43.9 Å². The van der Waals surface area contributed by atoms with Crippen LogP contribution in [0.25, 0.3) is 0 Å². The lowest BCUT2D eigenvalue weighted by Gasteiger charge is -2.10. The Hall–Kier alpha value is -0.890. The molecule has 2 nitrogen and oxygen atoms in total. The largest absolute Gasteiger partial charge is 0.312 e. The van der Waals surface area contributed by atoms with E-state index in [1.807, 2.05) is 13.1 Å². The molecule has 1 aliphatic carbocycles. The third-order valence-corrected chi connectivity index (χ3v) is 3.21. The lowest BCUT2D eigenvalue weighted by atomic mass is 10.1. The highest BCUT2D eigenvalue weighted by molar-refractivity contribution is 5.12. The van der Waals surface area contributed by atoms with Gasteiger partial charge in [0.2, 0.25) is 0 Å². The second kappa shape index (κ2) is 5.26. The van der Waals surface area contributed by atoms with Crippen LogP contribution in [0, 0.1) is 12.8 Å². The molecule has 0 unspecified atom stereocenters. The summed E-state index contributed by atoms with van der Waals surface area (Å²) < 4.78 is 0. The van der Waals surface area contributed by atoms with Crippen LogP contribution in [0.1, 0.15) is 36.9 Å². The summed E-state index contributed by atoms with van der Waals surface area (Å²) in [7, 11) is 0. The molecule has 0 atom stereocenters. The molecule has 0 aromatic carbocycles. The zero-order chi connectivity index (χ0) is 10.5. The predicted molar refractivity (Wildman–Crippen MR) is 62.6 cm³/mol. The number of pyridine rings is 1. The molecule has 1 N–H and O–H groups in total. The fourth-order valence-corrected chi connectivity index (χ4v) is 2.24. The monoisotopic (exact) mass is 204 g/mol. The van der Waals surface area contributed by atoms with E-state index >= 15 is 0 Å². The maximum absolute atomic E-state index is 4.29. The summed E-state index contributed by atoms with van der Waals surface area (Å²) in [5, 5.41) is 3.52. The highest BCUT2D eigenvalue weighted by atomic mass is 14.9. The molecule has 0 bridgehead atoms. The van der Waals surface area contributed by atoms with E-state index < -0.39 is 0 Å². The van der Waals surface area contributed by atoms with E-state index in [2.05, 4.69) is 22.4 Å². The van der Waals surface area contributed by atoms with Crippen molar-refractivity contribution in [3.63, 3.8) is 0 Å². The van der Waals surface area contributed by atoms with E-state index in [9.17, 15) is 0 Å². The average molecular weight is 204 g/mol. The minimum Gasteiger partial charge on any atom is -0.312 e. The van der Waals surface area contributed by atoms with Gasteiger partial charge in [-0.1, -0.05) is 18.9 Å². The number of aryl methyl sites for hydroxylation is 1. The van der Waals surface area contributed by atoms with E-state index in [1.165, 1.54) is 37.8 Å². The van der Waals surface area contributed by atoms with Gasteiger partial charge in [0.05, 0.1) is 0 Å². The van der Waals surface area contributed by atoms with Gasteiger partial charge in [0.15, 0.2) is 0 Å².